The van der Waals surface area contributed by atoms with E-state index in [0.717, 1.165) is 0 Å². The molecule has 0 fully saturated rings. The van der Waals surface area contributed by atoms with E-state index < -0.39 is 17.5 Å². The maximum atomic E-state index is 13.5. The van der Waals surface area contributed by atoms with Crippen LogP contribution in [0.3, 0.4) is 0 Å². The quantitative estimate of drug-likeness (QED) is 0.821. The number of rotatable bonds is 2. The van der Waals surface area contributed by atoms with Crippen molar-refractivity contribution in [1.82, 2.24) is 4.98 Å². The lowest BCUT2D eigenvalue weighted by molar-refractivity contribution is 0.0588. The zero-order chi connectivity index (χ0) is 14.8. The normalized spacial score (nSPS) is 11.1. The van der Waals surface area contributed by atoms with Crippen molar-refractivity contribution >= 4 is 17.5 Å². The summed E-state index contributed by atoms with van der Waals surface area (Å²) in [6.07, 6.45) is -0.542. The summed E-state index contributed by atoms with van der Waals surface area (Å²) >= 11 is 0. The first-order valence-electron chi connectivity index (χ1n) is 5.91. The summed E-state index contributed by atoms with van der Waals surface area (Å²) in [5, 5.41) is 0. The highest BCUT2D eigenvalue weighted by Gasteiger charge is 2.22. The van der Waals surface area contributed by atoms with E-state index in [1.165, 1.54) is 24.1 Å². The monoisotopic (exact) mass is 266 g/mol. The molecule has 5 heteroatoms. The number of nitrogens with zero attached hydrogens (tertiary/aromatic N) is 2. The molecule has 0 unspecified atom stereocenters. The summed E-state index contributed by atoms with van der Waals surface area (Å²) in [6, 6.07) is 2.68. The Morgan fingerprint density at radius 2 is 2.00 bits per heavy atom. The predicted octanol–water partition coefficient (Wildman–Crippen LogP) is 3.63. The van der Waals surface area contributed by atoms with Crippen molar-refractivity contribution in [3.05, 3.63) is 30.2 Å². The average molecular weight is 266 g/mol. The zero-order valence-corrected chi connectivity index (χ0v) is 12.0. The fourth-order valence-electron chi connectivity index (χ4n) is 1.34. The van der Waals surface area contributed by atoms with E-state index in [9.17, 15) is 9.18 Å². The number of carbonyl (C=O) groups excluding carboxylic acids is 1. The highest BCUT2D eigenvalue weighted by Crippen LogP contribution is 2.20. The van der Waals surface area contributed by atoms with Gasteiger partial charge in [0.1, 0.15) is 22.9 Å². The van der Waals surface area contributed by atoms with E-state index >= 15 is 0 Å². The van der Waals surface area contributed by atoms with Gasteiger partial charge in [-0.2, -0.15) is 0 Å². The van der Waals surface area contributed by atoms with Crippen LogP contribution in [0.2, 0.25) is 0 Å². The molecule has 0 saturated carbocycles. The molecular formula is C14H19FN2O2. The molecule has 0 aliphatic carbocycles. The van der Waals surface area contributed by atoms with Crippen molar-refractivity contribution in [2.75, 3.05) is 11.9 Å². The second-order valence-corrected chi connectivity index (χ2v) is 5.32. The standard InChI is InChI=1S/C14H19FN2O2/c1-9(2)12-10(15)7-8-11(16-12)17(6)13(18)19-14(3,4)5/h7-8H,1H2,2-6H3. The summed E-state index contributed by atoms with van der Waals surface area (Å²) in [5.41, 5.74) is 0.0487. The minimum atomic E-state index is -0.595. The third-order valence-electron chi connectivity index (χ3n) is 2.25. The van der Waals surface area contributed by atoms with Crippen LogP contribution in [0.5, 0.6) is 0 Å². The van der Waals surface area contributed by atoms with Crippen molar-refractivity contribution in [3.8, 4) is 0 Å². The first kappa shape index (κ1) is 15.1. The summed E-state index contributed by atoms with van der Waals surface area (Å²) in [4.78, 5) is 17.2. The number of hydrogen-bond donors (Lipinski definition) is 0. The van der Waals surface area contributed by atoms with E-state index in [-0.39, 0.29) is 5.69 Å². The lowest BCUT2D eigenvalue weighted by atomic mass is 10.2. The summed E-state index contributed by atoms with van der Waals surface area (Å²) < 4.78 is 18.7. The Kier molecular flexibility index (Phi) is 4.29. The topological polar surface area (TPSA) is 42.4 Å². The van der Waals surface area contributed by atoms with Gasteiger partial charge in [0, 0.05) is 7.05 Å². The van der Waals surface area contributed by atoms with Crippen LogP contribution in [0.4, 0.5) is 15.0 Å². The molecule has 104 valence electrons. The third-order valence-corrected chi connectivity index (χ3v) is 2.25. The van der Waals surface area contributed by atoms with Crippen LogP contribution in [0, 0.1) is 5.82 Å². The van der Waals surface area contributed by atoms with Crippen LogP contribution >= 0.6 is 0 Å². The van der Waals surface area contributed by atoms with Crippen molar-refractivity contribution in [3.63, 3.8) is 0 Å². The number of aromatic nitrogens is 1. The molecule has 1 aromatic heterocycles. The minimum absolute atomic E-state index is 0.146. The zero-order valence-electron chi connectivity index (χ0n) is 12.0. The van der Waals surface area contributed by atoms with Crippen LogP contribution in [0.25, 0.3) is 5.57 Å². The molecule has 1 amide bonds. The number of amides is 1. The lowest BCUT2D eigenvalue weighted by Gasteiger charge is -2.24. The average Bonchev–Trinajstić information content (AvgIpc) is 2.26. The number of hydrogen-bond acceptors (Lipinski definition) is 3. The van der Waals surface area contributed by atoms with Gasteiger partial charge in [-0.15, -0.1) is 0 Å². The first-order valence-corrected chi connectivity index (χ1v) is 5.91. The number of anilines is 1. The summed E-state index contributed by atoms with van der Waals surface area (Å²) in [5.74, 6) is -0.150. The van der Waals surface area contributed by atoms with Gasteiger partial charge in [0.05, 0.1) is 0 Å². The van der Waals surface area contributed by atoms with Crippen LogP contribution in [0.15, 0.2) is 18.7 Å². The molecule has 0 bridgehead atoms. The Morgan fingerprint density at radius 3 is 2.47 bits per heavy atom. The molecule has 1 rings (SSSR count). The molecule has 0 radical (unpaired) electrons. The van der Waals surface area contributed by atoms with E-state index in [1.54, 1.807) is 27.7 Å². The number of ether oxygens (including phenoxy) is 1. The largest absolute Gasteiger partial charge is 0.443 e. The van der Waals surface area contributed by atoms with Crippen LogP contribution < -0.4 is 4.90 Å². The molecule has 1 heterocycles. The van der Waals surface area contributed by atoms with Crippen LogP contribution in [-0.2, 0) is 4.74 Å². The second-order valence-electron chi connectivity index (χ2n) is 5.32. The third kappa shape index (κ3) is 4.05. The van der Waals surface area contributed by atoms with E-state index in [1.807, 2.05) is 0 Å². The lowest BCUT2D eigenvalue weighted by Crippen LogP contribution is -2.34. The Balaban J connectivity index is 3.00. The van der Waals surface area contributed by atoms with Gasteiger partial charge in [-0.1, -0.05) is 6.58 Å². The van der Waals surface area contributed by atoms with E-state index in [0.29, 0.717) is 11.4 Å². The Labute approximate surface area is 112 Å². The number of pyridine rings is 1. The molecule has 0 saturated heterocycles. The van der Waals surface area contributed by atoms with Gasteiger partial charge in [0.15, 0.2) is 0 Å². The van der Waals surface area contributed by atoms with Gasteiger partial charge in [-0.3, -0.25) is 4.90 Å². The van der Waals surface area contributed by atoms with Gasteiger partial charge in [-0.25, -0.2) is 14.2 Å². The minimum Gasteiger partial charge on any atom is -0.443 e. The predicted molar refractivity (Wildman–Crippen MR) is 73.5 cm³/mol. The van der Waals surface area contributed by atoms with Crippen molar-refractivity contribution in [1.29, 1.82) is 0 Å². The molecule has 4 nitrogen and oxygen atoms in total. The highest BCUT2D eigenvalue weighted by atomic mass is 19.1. The SMILES string of the molecule is C=C(C)c1nc(N(C)C(=O)OC(C)(C)C)ccc1F. The van der Waals surface area contributed by atoms with Crippen molar-refractivity contribution in [2.24, 2.45) is 0 Å². The van der Waals surface area contributed by atoms with Crippen LogP contribution in [0.1, 0.15) is 33.4 Å². The Morgan fingerprint density at radius 1 is 1.42 bits per heavy atom. The first-order chi connectivity index (χ1) is 8.61. The van der Waals surface area contributed by atoms with E-state index in [2.05, 4.69) is 11.6 Å². The van der Waals surface area contributed by atoms with E-state index in [4.69, 9.17) is 4.74 Å². The Hall–Kier alpha value is -1.91. The molecule has 0 aromatic carbocycles. The molecular weight excluding hydrogens is 247 g/mol. The number of halogens is 1. The molecule has 0 spiro atoms. The van der Waals surface area contributed by atoms with Crippen LogP contribution in [-0.4, -0.2) is 23.7 Å². The van der Waals surface area contributed by atoms with Gasteiger partial charge >= 0.3 is 6.09 Å². The summed E-state index contributed by atoms with van der Waals surface area (Å²) in [7, 11) is 1.52. The number of allylic oxidation sites excluding steroid dienone is 1. The smallest absolute Gasteiger partial charge is 0.415 e. The summed E-state index contributed by atoms with van der Waals surface area (Å²) in [6.45, 7) is 10.6. The second kappa shape index (κ2) is 5.38. The van der Waals surface area contributed by atoms with Gasteiger partial charge < -0.3 is 4.74 Å². The Bertz CT molecular complexity index is 507. The molecule has 0 atom stereocenters. The van der Waals surface area contributed by atoms with Gasteiger partial charge in [0.25, 0.3) is 0 Å². The molecule has 0 aliphatic rings. The van der Waals surface area contributed by atoms with Gasteiger partial charge in [0.2, 0.25) is 0 Å². The highest BCUT2D eigenvalue weighted by molar-refractivity contribution is 5.86. The number of carbonyl (C=O) groups is 1. The fourth-order valence-corrected chi connectivity index (χ4v) is 1.34. The van der Waals surface area contributed by atoms with Gasteiger partial charge in [-0.05, 0) is 45.4 Å². The maximum absolute atomic E-state index is 13.5. The maximum Gasteiger partial charge on any atom is 0.415 e. The molecule has 19 heavy (non-hydrogen) atoms. The molecule has 1 aromatic rings. The fraction of sp³-hybridized carbons (Fsp3) is 0.429. The molecule has 0 aliphatic heterocycles. The van der Waals surface area contributed by atoms with Crippen molar-refractivity contribution < 1.29 is 13.9 Å². The molecule has 0 N–H and O–H groups in total. The van der Waals surface area contributed by atoms with Crippen molar-refractivity contribution in [2.45, 2.75) is 33.3 Å².